The van der Waals surface area contributed by atoms with E-state index in [1.54, 1.807) is 36.1 Å². The van der Waals surface area contributed by atoms with Crippen LogP contribution in [0.25, 0.3) is 10.9 Å². The molecular weight excluding hydrogens is 440 g/mol. The number of hydrogen-bond donors (Lipinski definition) is 1. The van der Waals surface area contributed by atoms with Gasteiger partial charge in [0.2, 0.25) is 5.88 Å². The lowest BCUT2D eigenvalue weighted by Crippen LogP contribution is -2.52. The number of Topliss-reactive ketones (excluding diaryl/α,β-unsaturated/α-hetero) is 1. The van der Waals surface area contributed by atoms with Crippen molar-refractivity contribution in [2.45, 2.75) is 13.7 Å². The first-order chi connectivity index (χ1) is 16.5. The quantitative estimate of drug-likeness (QED) is 0.415. The Kier molecular flexibility index (Phi) is 6.78. The summed E-state index contributed by atoms with van der Waals surface area (Å²) in [5, 5.41) is 10.2. The number of carbonyl (C=O) groups excluding carboxylic acids is 3. The molecule has 10 nitrogen and oxygen atoms in total. The average Bonchev–Trinajstić information content (AvgIpc) is 3.28. The van der Waals surface area contributed by atoms with Crippen molar-refractivity contribution in [2.75, 3.05) is 39.9 Å². The second-order valence-corrected chi connectivity index (χ2v) is 7.72. The number of aliphatic hydroxyl groups is 1. The zero-order chi connectivity index (χ0) is 24.2. The van der Waals surface area contributed by atoms with E-state index in [4.69, 9.17) is 9.47 Å². The maximum atomic E-state index is 13.3. The molecular formula is C24H26N4O6. The summed E-state index contributed by atoms with van der Waals surface area (Å²) in [4.78, 5) is 46.4. The molecule has 0 radical (unpaired) electrons. The van der Waals surface area contributed by atoms with Gasteiger partial charge in [-0.3, -0.25) is 14.4 Å². The molecule has 3 aromatic rings. The number of hydrogen-bond acceptors (Lipinski definition) is 7. The van der Waals surface area contributed by atoms with Crippen molar-refractivity contribution in [3.8, 4) is 11.6 Å². The van der Waals surface area contributed by atoms with E-state index in [-0.39, 0.29) is 30.4 Å². The molecule has 34 heavy (non-hydrogen) atoms. The number of piperazine rings is 1. The summed E-state index contributed by atoms with van der Waals surface area (Å²) in [6.07, 6.45) is 2.84. The van der Waals surface area contributed by atoms with Crippen LogP contribution in [0.15, 0.2) is 42.7 Å². The third-order valence-electron chi connectivity index (χ3n) is 5.79. The highest BCUT2D eigenvalue weighted by atomic mass is 16.5. The fourth-order valence-corrected chi connectivity index (χ4v) is 4.11. The van der Waals surface area contributed by atoms with Gasteiger partial charge < -0.3 is 28.9 Å². The maximum absolute atomic E-state index is 13.3. The number of rotatable bonds is 7. The Morgan fingerprint density at radius 1 is 1.06 bits per heavy atom. The van der Waals surface area contributed by atoms with Crippen molar-refractivity contribution in [1.82, 2.24) is 19.4 Å². The summed E-state index contributed by atoms with van der Waals surface area (Å²) < 4.78 is 12.3. The summed E-state index contributed by atoms with van der Waals surface area (Å²) >= 11 is 0. The molecule has 1 aromatic carbocycles. The van der Waals surface area contributed by atoms with Gasteiger partial charge in [-0.05, 0) is 19.1 Å². The first kappa shape index (κ1) is 23.2. The molecule has 10 heteroatoms. The standard InChI is InChI=1S/C24H26N4O6/c1-3-34-18-13-25-22(33-2)20-19(18)17(14-28(20)15-29)21(30)24(32)27-11-9-26(10-12-27)23(31)16-7-5-4-6-8-16/h4-8,13-14,29H,3,9-12,15H2,1-2H3. The van der Waals surface area contributed by atoms with Gasteiger partial charge in [-0.2, -0.15) is 0 Å². The third-order valence-corrected chi connectivity index (χ3v) is 5.79. The number of pyridine rings is 1. The van der Waals surface area contributed by atoms with Crippen LogP contribution in [-0.2, 0) is 11.5 Å². The van der Waals surface area contributed by atoms with Crippen LogP contribution in [0.5, 0.6) is 11.6 Å². The molecule has 0 saturated carbocycles. The van der Waals surface area contributed by atoms with E-state index in [1.165, 1.54) is 29.0 Å². The molecule has 1 aliphatic heterocycles. The number of benzene rings is 1. The number of methoxy groups -OCH3 is 1. The highest BCUT2D eigenvalue weighted by Gasteiger charge is 2.32. The van der Waals surface area contributed by atoms with Crippen molar-refractivity contribution in [3.05, 3.63) is 53.9 Å². The van der Waals surface area contributed by atoms with Crippen LogP contribution in [0.1, 0.15) is 27.6 Å². The summed E-state index contributed by atoms with van der Waals surface area (Å²) in [6, 6.07) is 8.94. The fourth-order valence-electron chi connectivity index (χ4n) is 4.11. The largest absolute Gasteiger partial charge is 0.492 e. The minimum absolute atomic E-state index is 0.0981. The van der Waals surface area contributed by atoms with Gasteiger partial charge in [0.25, 0.3) is 17.6 Å². The Morgan fingerprint density at radius 3 is 2.35 bits per heavy atom. The van der Waals surface area contributed by atoms with Crippen molar-refractivity contribution < 1.29 is 29.0 Å². The number of fused-ring (bicyclic) bond motifs is 1. The molecule has 1 fully saturated rings. The van der Waals surface area contributed by atoms with Crippen LogP contribution in [0.2, 0.25) is 0 Å². The Morgan fingerprint density at radius 2 is 1.74 bits per heavy atom. The van der Waals surface area contributed by atoms with E-state index in [0.29, 0.717) is 41.9 Å². The van der Waals surface area contributed by atoms with E-state index < -0.39 is 18.4 Å². The molecule has 2 aromatic heterocycles. The highest BCUT2D eigenvalue weighted by molar-refractivity contribution is 6.45. The molecule has 178 valence electrons. The minimum Gasteiger partial charge on any atom is -0.492 e. The van der Waals surface area contributed by atoms with E-state index in [1.807, 2.05) is 6.07 Å². The van der Waals surface area contributed by atoms with Crippen LogP contribution < -0.4 is 9.47 Å². The van der Waals surface area contributed by atoms with Crippen molar-refractivity contribution in [1.29, 1.82) is 0 Å². The molecule has 2 amide bonds. The Bertz CT molecular complexity index is 1220. The van der Waals surface area contributed by atoms with Crippen molar-refractivity contribution >= 4 is 28.5 Å². The number of ketones is 1. The third kappa shape index (κ3) is 4.19. The molecule has 0 bridgehead atoms. The lowest BCUT2D eigenvalue weighted by atomic mass is 10.1. The van der Waals surface area contributed by atoms with Gasteiger partial charge >= 0.3 is 0 Å². The van der Waals surface area contributed by atoms with Gasteiger partial charge in [-0.15, -0.1) is 0 Å². The number of nitrogens with zero attached hydrogens (tertiary/aromatic N) is 4. The predicted octanol–water partition coefficient (Wildman–Crippen LogP) is 1.56. The predicted molar refractivity (Wildman–Crippen MR) is 123 cm³/mol. The average molecular weight is 466 g/mol. The van der Waals surface area contributed by atoms with Gasteiger partial charge in [0.1, 0.15) is 18.0 Å². The first-order valence-corrected chi connectivity index (χ1v) is 11.0. The molecule has 1 N–H and O–H groups in total. The van der Waals surface area contributed by atoms with E-state index >= 15 is 0 Å². The number of ether oxygens (including phenoxy) is 2. The van der Waals surface area contributed by atoms with Gasteiger partial charge in [0.15, 0.2) is 0 Å². The Hall–Kier alpha value is -3.92. The molecule has 4 rings (SSSR count). The summed E-state index contributed by atoms with van der Waals surface area (Å²) in [5.74, 6) is -0.991. The number of amides is 2. The molecule has 0 aliphatic carbocycles. The van der Waals surface area contributed by atoms with Gasteiger partial charge in [-0.1, -0.05) is 18.2 Å². The monoisotopic (exact) mass is 466 g/mol. The number of aliphatic hydroxyl groups excluding tert-OH is 1. The SMILES string of the molecule is CCOc1cnc(OC)c2c1c(C(=O)C(=O)N1CCN(C(=O)c3ccccc3)CC1)cn2CO. The molecule has 1 saturated heterocycles. The lowest BCUT2D eigenvalue weighted by Gasteiger charge is -2.34. The fraction of sp³-hybridized carbons (Fsp3) is 0.333. The zero-order valence-corrected chi connectivity index (χ0v) is 19.1. The van der Waals surface area contributed by atoms with Crippen molar-refractivity contribution in [3.63, 3.8) is 0 Å². The molecule has 3 heterocycles. The van der Waals surface area contributed by atoms with Gasteiger partial charge in [0, 0.05) is 37.9 Å². The van der Waals surface area contributed by atoms with E-state index in [2.05, 4.69) is 4.98 Å². The summed E-state index contributed by atoms with van der Waals surface area (Å²) in [5.41, 5.74) is 1.05. The Balaban J connectivity index is 1.57. The first-order valence-electron chi connectivity index (χ1n) is 11.0. The Labute approximate surface area is 196 Å². The van der Waals surface area contributed by atoms with Gasteiger partial charge in [0.05, 0.1) is 30.9 Å². The van der Waals surface area contributed by atoms with Gasteiger partial charge in [-0.25, -0.2) is 4.98 Å². The smallest absolute Gasteiger partial charge is 0.295 e. The molecule has 0 atom stereocenters. The normalized spacial score (nSPS) is 13.7. The number of carbonyl (C=O) groups is 3. The topological polar surface area (TPSA) is 114 Å². The minimum atomic E-state index is -0.728. The highest BCUT2D eigenvalue weighted by Crippen LogP contribution is 2.35. The summed E-state index contributed by atoms with van der Waals surface area (Å²) in [7, 11) is 1.43. The van der Waals surface area contributed by atoms with Crippen LogP contribution in [-0.4, -0.2) is 82.0 Å². The second-order valence-electron chi connectivity index (χ2n) is 7.72. The van der Waals surface area contributed by atoms with E-state index in [9.17, 15) is 19.5 Å². The molecule has 1 aliphatic rings. The maximum Gasteiger partial charge on any atom is 0.295 e. The van der Waals surface area contributed by atoms with Crippen LogP contribution in [0, 0.1) is 0 Å². The zero-order valence-electron chi connectivity index (χ0n) is 19.1. The van der Waals surface area contributed by atoms with Crippen LogP contribution >= 0.6 is 0 Å². The van der Waals surface area contributed by atoms with Crippen LogP contribution in [0.3, 0.4) is 0 Å². The second kappa shape index (κ2) is 9.92. The lowest BCUT2D eigenvalue weighted by molar-refractivity contribution is -0.127. The summed E-state index contributed by atoms with van der Waals surface area (Å²) in [6.45, 7) is 2.82. The van der Waals surface area contributed by atoms with E-state index in [0.717, 1.165) is 0 Å². The van der Waals surface area contributed by atoms with Crippen molar-refractivity contribution in [2.24, 2.45) is 0 Å². The van der Waals surface area contributed by atoms with Crippen LogP contribution in [0.4, 0.5) is 0 Å². The number of aromatic nitrogens is 2. The molecule has 0 spiro atoms. The molecule has 0 unspecified atom stereocenters.